The predicted octanol–water partition coefficient (Wildman–Crippen LogP) is 2.62. The van der Waals surface area contributed by atoms with Gasteiger partial charge in [-0.15, -0.1) is 0 Å². The monoisotopic (exact) mass is 263 g/mol. The number of hydrogen-bond acceptors (Lipinski definition) is 4. The molecule has 17 heavy (non-hydrogen) atoms. The number of rotatable bonds is 4. The molecular formula is C9H7ClFNO5. The Morgan fingerprint density at radius 1 is 1.59 bits per heavy atom. The van der Waals surface area contributed by atoms with Gasteiger partial charge in [0.1, 0.15) is 0 Å². The van der Waals surface area contributed by atoms with Gasteiger partial charge in [-0.3, -0.25) is 10.1 Å². The zero-order valence-corrected chi connectivity index (χ0v) is 9.11. The lowest BCUT2D eigenvalue weighted by atomic mass is 10.1. The van der Waals surface area contributed by atoms with Gasteiger partial charge in [0.15, 0.2) is 0 Å². The zero-order valence-electron chi connectivity index (χ0n) is 8.35. The molecule has 0 heterocycles. The Morgan fingerprint density at radius 2 is 2.24 bits per heavy atom. The van der Waals surface area contributed by atoms with Crippen LogP contribution in [0.4, 0.5) is 14.9 Å². The fourth-order valence-electron chi connectivity index (χ4n) is 1.16. The van der Waals surface area contributed by atoms with Crippen molar-refractivity contribution in [3.8, 4) is 0 Å². The largest absolute Gasteiger partial charge is 0.505 e. The van der Waals surface area contributed by atoms with E-state index in [-0.39, 0.29) is 23.6 Å². The Bertz CT molecular complexity index is 465. The highest BCUT2D eigenvalue weighted by molar-refractivity contribution is 6.31. The maximum Gasteiger partial charge on any atom is 0.505 e. The number of ether oxygens (including phenoxy) is 1. The molecule has 1 rings (SSSR count). The second kappa shape index (κ2) is 5.44. The average Bonchev–Trinajstić information content (AvgIpc) is 2.20. The summed E-state index contributed by atoms with van der Waals surface area (Å²) < 4.78 is 17.3. The van der Waals surface area contributed by atoms with Gasteiger partial charge in [0.2, 0.25) is 5.82 Å². The van der Waals surface area contributed by atoms with E-state index >= 15 is 0 Å². The van der Waals surface area contributed by atoms with Crippen LogP contribution in [0.25, 0.3) is 0 Å². The minimum Gasteiger partial charge on any atom is -0.450 e. The summed E-state index contributed by atoms with van der Waals surface area (Å²) in [6.45, 7) is -0.210. The average molecular weight is 264 g/mol. The van der Waals surface area contributed by atoms with Crippen LogP contribution in [0.3, 0.4) is 0 Å². The van der Waals surface area contributed by atoms with Gasteiger partial charge in [0, 0.05) is 17.5 Å². The molecule has 6 nitrogen and oxygen atoms in total. The Kier molecular flexibility index (Phi) is 4.22. The first-order valence-electron chi connectivity index (χ1n) is 4.40. The van der Waals surface area contributed by atoms with Crippen molar-refractivity contribution < 1.29 is 24.0 Å². The first-order valence-corrected chi connectivity index (χ1v) is 4.77. The van der Waals surface area contributed by atoms with Crippen LogP contribution in [0.15, 0.2) is 12.1 Å². The fourth-order valence-corrected chi connectivity index (χ4v) is 1.41. The molecule has 0 amide bonds. The van der Waals surface area contributed by atoms with E-state index in [9.17, 15) is 19.3 Å². The molecule has 0 fully saturated rings. The molecule has 92 valence electrons. The minimum absolute atomic E-state index is 0.0120. The lowest BCUT2D eigenvalue weighted by Crippen LogP contribution is -2.05. The molecule has 1 N–H and O–H groups in total. The quantitative estimate of drug-likeness (QED) is 0.512. The van der Waals surface area contributed by atoms with Crippen LogP contribution in [0.1, 0.15) is 5.56 Å². The Balaban J connectivity index is 2.88. The molecule has 0 radical (unpaired) electrons. The lowest BCUT2D eigenvalue weighted by molar-refractivity contribution is -0.387. The van der Waals surface area contributed by atoms with Crippen molar-refractivity contribution >= 4 is 23.4 Å². The van der Waals surface area contributed by atoms with E-state index in [1.165, 1.54) is 0 Å². The third-order valence-electron chi connectivity index (χ3n) is 1.91. The molecule has 1 aromatic rings. The van der Waals surface area contributed by atoms with E-state index in [4.69, 9.17) is 16.7 Å². The molecule has 0 aliphatic carbocycles. The van der Waals surface area contributed by atoms with Gasteiger partial charge < -0.3 is 9.84 Å². The second-order valence-corrected chi connectivity index (χ2v) is 3.42. The molecule has 0 spiro atoms. The number of carbonyl (C=O) groups is 1. The van der Waals surface area contributed by atoms with Crippen molar-refractivity contribution in [2.24, 2.45) is 0 Å². The van der Waals surface area contributed by atoms with Crippen molar-refractivity contribution in [2.45, 2.75) is 6.42 Å². The summed E-state index contributed by atoms with van der Waals surface area (Å²) in [5, 5.41) is 18.7. The summed E-state index contributed by atoms with van der Waals surface area (Å²) in [6.07, 6.45) is -1.43. The molecule has 0 aliphatic heterocycles. The Labute approximate surface area is 99.7 Å². The van der Waals surface area contributed by atoms with Gasteiger partial charge in [-0.05, 0) is 11.6 Å². The number of benzene rings is 1. The molecule has 0 saturated heterocycles. The summed E-state index contributed by atoms with van der Waals surface area (Å²) in [6, 6.07) is 1.78. The van der Waals surface area contributed by atoms with Crippen molar-refractivity contribution in [3.63, 3.8) is 0 Å². The van der Waals surface area contributed by atoms with Gasteiger partial charge in [0.05, 0.1) is 11.5 Å². The molecule has 0 unspecified atom stereocenters. The van der Waals surface area contributed by atoms with Crippen LogP contribution in [0.5, 0.6) is 0 Å². The highest BCUT2D eigenvalue weighted by atomic mass is 35.5. The van der Waals surface area contributed by atoms with Gasteiger partial charge >= 0.3 is 11.8 Å². The van der Waals surface area contributed by atoms with E-state index in [2.05, 4.69) is 4.74 Å². The normalized spacial score (nSPS) is 10.0. The smallest absolute Gasteiger partial charge is 0.450 e. The number of carboxylic acid groups (broad SMARTS) is 1. The van der Waals surface area contributed by atoms with Crippen molar-refractivity contribution in [3.05, 3.63) is 38.7 Å². The van der Waals surface area contributed by atoms with Gasteiger partial charge in [-0.2, -0.15) is 4.39 Å². The second-order valence-electron chi connectivity index (χ2n) is 3.02. The van der Waals surface area contributed by atoms with Crippen LogP contribution in [-0.2, 0) is 11.2 Å². The third-order valence-corrected chi connectivity index (χ3v) is 2.26. The summed E-state index contributed by atoms with van der Waals surface area (Å²) >= 11 is 5.66. The maximum atomic E-state index is 13.1. The summed E-state index contributed by atoms with van der Waals surface area (Å²) in [5.74, 6) is -1.04. The summed E-state index contributed by atoms with van der Waals surface area (Å²) in [7, 11) is 0. The van der Waals surface area contributed by atoms with Crippen LogP contribution in [0, 0.1) is 15.9 Å². The predicted molar refractivity (Wildman–Crippen MR) is 55.7 cm³/mol. The maximum absolute atomic E-state index is 13.1. The van der Waals surface area contributed by atoms with Crippen molar-refractivity contribution in [2.75, 3.05) is 6.61 Å². The lowest BCUT2D eigenvalue weighted by Gasteiger charge is -2.04. The SMILES string of the molecule is O=C(O)OCCc1cc([N+](=O)[O-])c(F)cc1Cl. The third kappa shape index (κ3) is 3.56. The van der Waals surface area contributed by atoms with Crippen molar-refractivity contribution in [1.82, 2.24) is 0 Å². The van der Waals surface area contributed by atoms with Crippen molar-refractivity contribution in [1.29, 1.82) is 0 Å². The van der Waals surface area contributed by atoms with Gasteiger partial charge in [0.25, 0.3) is 0 Å². The number of nitrogens with zero attached hydrogens (tertiary/aromatic N) is 1. The molecule has 8 heteroatoms. The molecule has 0 aromatic heterocycles. The van der Waals surface area contributed by atoms with Crippen LogP contribution in [0.2, 0.25) is 5.02 Å². The molecule has 1 aromatic carbocycles. The van der Waals surface area contributed by atoms with E-state index < -0.39 is 22.6 Å². The molecule has 0 aliphatic rings. The highest BCUT2D eigenvalue weighted by Gasteiger charge is 2.17. The summed E-state index contributed by atoms with van der Waals surface area (Å²) in [4.78, 5) is 19.7. The first-order chi connectivity index (χ1) is 7.91. The topological polar surface area (TPSA) is 89.7 Å². The van der Waals surface area contributed by atoms with Gasteiger partial charge in [-0.1, -0.05) is 11.6 Å². The van der Waals surface area contributed by atoms with E-state index in [0.29, 0.717) is 0 Å². The van der Waals surface area contributed by atoms with Crippen LogP contribution < -0.4 is 0 Å². The Morgan fingerprint density at radius 3 is 2.76 bits per heavy atom. The zero-order chi connectivity index (χ0) is 13.0. The van der Waals surface area contributed by atoms with E-state index in [0.717, 1.165) is 12.1 Å². The number of nitro benzene ring substituents is 1. The molecule has 0 bridgehead atoms. The van der Waals surface area contributed by atoms with E-state index in [1.54, 1.807) is 0 Å². The fraction of sp³-hybridized carbons (Fsp3) is 0.222. The number of halogens is 2. The molecule has 0 atom stereocenters. The minimum atomic E-state index is -1.46. The van der Waals surface area contributed by atoms with Crippen LogP contribution >= 0.6 is 11.6 Å². The van der Waals surface area contributed by atoms with E-state index in [1.807, 2.05) is 0 Å². The summed E-state index contributed by atoms with van der Waals surface area (Å²) in [5.41, 5.74) is -0.458. The number of nitro groups is 1. The Hall–Kier alpha value is -1.89. The molecular weight excluding hydrogens is 257 g/mol. The van der Waals surface area contributed by atoms with Gasteiger partial charge in [-0.25, -0.2) is 4.79 Å². The highest BCUT2D eigenvalue weighted by Crippen LogP contribution is 2.26. The first kappa shape index (κ1) is 13.2. The molecule has 0 saturated carbocycles. The van der Waals surface area contributed by atoms with Crippen LogP contribution in [-0.4, -0.2) is 22.8 Å². The standard InChI is InChI=1S/C9H7ClFNO5/c10-6-4-7(11)8(12(15)16)3-5(6)1-2-17-9(13)14/h3-4H,1-2H2,(H,13,14). The number of hydrogen-bond donors (Lipinski definition) is 1.